The van der Waals surface area contributed by atoms with E-state index in [-0.39, 0.29) is 11.4 Å². The van der Waals surface area contributed by atoms with Crippen LogP contribution in [0.1, 0.15) is 37.9 Å². The van der Waals surface area contributed by atoms with Crippen molar-refractivity contribution in [3.63, 3.8) is 0 Å². The van der Waals surface area contributed by atoms with Crippen molar-refractivity contribution in [2.45, 2.75) is 44.1 Å². The Morgan fingerprint density at radius 2 is 1.75 bits per heavy atom. The molecule has 3 atom stereocenters. The Kier molecular flexibility index (Phi) is 4.09. The van der Waals surface area contributed by atoms with Crippen molar-refractivity contribution in [2.75, 3.05) is 10.0 Å². The van der Waals surface area contributed by atoms with Crippen molar-refractivity contribution in [1.82, 2.24) is 0 Å². The van der Waals surface area contributed by atoms with Gasteiger partial charge >= 0.3 is 0 Å². The number of fused-ring (bicyclic) bond motifs is 1. The molecular formula is C17H20N2O4S. The van der Waals surface area contributed by atoms with Gasteiger partial charge in [-0.05, 0) is 31.9 Å². The zero-order valence-corrected chi connectivity index (χ0v) is 14.6. The van der Waals surface area contributed by atoms with Crippen molar-refractivity contribution in [1.29, 1.82) is 0 Å². The van der Waals surface area contributed by atoms with E-state index in [4.69, 9.17) is 0 Å². The standard InChI is InChI=1S/C17H20N2O4S/c1-17(2,3)24(23)19-14-13(15(21)16(14)22)18-12-10-7-5-4-6-9(10)8-11(12)20/h4-7,11-12,18-20H,8H2,1-3H3/t11-,12-,24-/m0/s1. The van der Waals surface area contributed by atoms with E-state index >= 15 is 0 Å². The summed E-state index contributed by atoms with van der Waals surface area (Å²) in [6, 6.07) is 7.10. The maximum atomic E-state index is 12.2. The number of rotatable bonds is 4. The minimum atomic E-state index is -1.51. The van der Waals surface area contributed by atoms with Crippen LogP contribution in [0.4, 0.5) is 11.4 Å². The molecule has 0 spiro atoms. The number of anilines is 2. The van der Waals surface area contributed by atoms with Crippen LogP contribution in [-0.4, -0.2) is 20.2 Å². The molecule has 0 saturated carbocycles. The highest BCUT2D eigenvalue weighted by Gasteiger charge is 2.34. The fourth-order valence-corrected chi connectivity index (χ4v) is 3.46. The second kappa shape index (κ2) is 5.82. The third-order valence-corrected chi connectivity index (χ3v) is 5.67. The first kappa shape index (κ1) is 16.9. The molecular weight excluding hydrogens is 328 g/mol. The molecule has 0 unspecified atom stereocenters. The molecule has 128 valence electrons. The van der Waals surface area contributed by atoms with Gasteiger partial charge < -0.3 is 10.4 Å². The smallest absolute Gasteiger partial charge is 0.254 e. The number of hydrogen-bond acceptors (Lipinski definition) is 5. The predicted molar refractivity (Wildman–Crippen MR) is 95.4 cm³/mol. The summed E-state index contributed by atoms with van der Waals surface area (Å²) in [4.78, 5) is 23.7. The average molecular weight is 348 g/mol. The van der Waals surface area contributed by atoms with Crippen molar-refractivity contribution in [2.24, 2.45) is 0 Å². The van der Waals surface area contributed by atoms with Crippen LogP contribution in [0, 0.1) is 0 Å². The normalized spacial score (nSPS) is 21.5. The number of aliphatic hydroxyl groups excluding tert-OH is 1. The Balaban J connectivity index is 1.87. The molecule has 0 heterocycles. The molecule has 3 rings (SSSR count). The lowest BCUT2D eigenvalue weighted by molar-refractivity contribution is 0.166. The summed E-state index contributed by atoms with van der Waals surface area (Å²) in [5.74, 6) is 0. The Labute approximate surface area is 142 Å². The van der Waals surface area contributed by atoms with E-state index in [0.29, 0.717) is 6.42 Å². The summed E-state index contributed by atoms with van der Waals surface area (Å²) < 4.78 is 14.3. The van der Waals surface area contributed by atoms with E-state index in [9.17, 15) is 18.9 Å². The highest BCUT2D eigenvalue weighted by atomic mass is 32.2. The average Bonchev–Trinajstić information content (AvgIpc) is 2.84. The lowest BCUT2D eigenvalue weighted by Crippen LogP contribution is -2.41. The van der Waals surface area contributed by atoms with Gasteiger partial charge in [0.05, 0.1) is 16.9 Å². The summed E-state index contributed by atoms with van der Waals surface area (Å²) in [6.07, 6.45) is -0.201. The van der Waals surface area contributed by atoms with Crippen LogP contribution < -0.4 is 20.9 Å². The van der Waals surface area contributed by atoms with Crippen LogP contribution in [0.5, 0.6) is 0 Å². The van der Waals surface area contributed by atoms with Gasteiger partial charge in [0.25, 0.3) is 10.9 Å². The van der Waals surface area contributed by atoms with E-state index in [1.807, 2.05) is 24.3 Å². The molecule has 1 aliphatic carbocycles. The van der Waals surface area contributed by atoms with Gasteiger partial charge in [-0.15, -0.1) is 0 Å². The Bertz CT molecular complexity index is 878. The Morgan fingerprint density at radius 1 is 1.12 bits per heavy atom. The molecule has 7 heteroatoms. The van der Waals surface area contributed by atoms with Crippen LogP contribution >= 0.6 is 0 Å². The SMILES string of the molecule is CC(C)(C)[S@](=O)Nc1c(N[C@H]2c3ccccc3C[C@@H]2O)c(=O)c1=O. The molecule has 0 aliphatic heterocycles. The minimum absolute atomic E-state index is 0.0323. The summed E-state index contributed by atoms with van der Waals surface area (Å²) in [5, 5.41) is 13.2. The molecule has 0 aromatic heterocycles. The lowest BCUT2D eigenvalue weighted by atomic mass is 10.1. The lowest BCUT2D eigenvalue weighted by Gasteiger charge is -2.24. The summed E-state index contributed by atoms with van der Waals surface area (Å²) in [7, 11) is -1.51. The maximum absolute atomic E-state index is 12.2. The van der Waals surface area contributed by atoms with Crippen LogP contribution in [0.3, 0.4) is 0 Å². The molecule has 6 nitrogen and oxygen atoms in total. The van der Waals surface area contributed by atoms with Gasteiger partial charge in [-0.25, -0.2) is 4.21 Å². The number of hydrogen-bond donors (Lipinski definition) is 3. The second-order valence-corrected chi connectivity index (χ2v) is 8.95. The Hall–Kier alpha value is -1.99. The molecule has 0 amide bonds. The summed E-state index contributed by atoms with van der Waals surface area (Å²) in [6.45, 7) is 5.31. The molecule has 24 heavy (non-hydrogen) atoms. The summed E-state index contributed by atoms with van der Waals surface area (Å²) >= 11 is 0. The fraction of sp³-hybridized carbons (Fsp3) is 0.412. The number of benzene rings is 1. The van der Waals surface area contributed by atoms with Crippen LogP contribution in [0.2, 0.25) is 0 Å². The molecule has 0 radical (unpaired) electrons. The first-order valence-corrected chi connectivity index (χ1v) is 8.89. The van der Waals surface area contributed by atoms with E-state index < -0.39 is 38.7 Å². The molecule has 2 aromatic rings. The molecule has 0 saturated heterocycles. The minimum Gasteiger partial charge on any atom is -0.390 e. The van der Waals surface area contributed by atoms with Crippen molar-refractivity contribution in [3.05, 3.63) is 55.8 Å². The molecule has 2 aromatic carbocycles. The number of aliphatic hydroxyl groups is 1. The van der Waals surface area contributed by atoms with Gasteiger partial charge in [-0.2, -0.15) is 0 Å². The van der Waals surface area contributed by atoms with Gasteiger partial charge in [-0.3, -0.25) is 14.3 Å². The van der Waals surface area contributed by atoms with Crippen LogP contribution in [0.25, 0.3) is 0 Å². The topological polar surface area (TPSA) is 95.5 Å². The van der Waals surface area contributed by atoms with Crippen molar-refractivity contribution >= 4 is 22.4 Å². The van der Waals surface area contributed by atoms with Crippen LogP contribution in [-0.2, 0) is 17.4 Å². The van der Waals surface area contributed by atoms with Gasteiger partial charge in [-0.1, -0.05) is 24.3 Å². The molecule has 1 aliphatic rings. The number of nitrogens with one attached hydrogen (secondary N) is 2. The van der Waals surface area contributed by atoms with E-state index in [1.165, 1.54) is 0 Å². The first-order chi connectivity index (χ1) is 11.2. The monoisotopic (exact) mass is 348 g/mol. The van der Waals surface area contributed by atoms with Gasteiger partial charge in [0.1, 0.15) is 22.4 Å². The molecule has 0 fully saturated rings. The fourth-order valence-electron chi connectivity index (χ4n) is 2.78. The Morgan fingerprint density at radius 3 is 2.42 bits per heavy atom. The van der Waals surface area contributed by atoms with Crippen LogP contribution in [0.15, 0.2) is 33.9 Å². The zero-order chi connectivity index (χ0) is 17.6. The first-order valence-electron chi connectivity index (χ1n) is 7.74. The van der Waals surface area contributed by atoms with Gasteiger partial charge in [0.15, 0.2) is 0 Å². The second-order valence-electron chi connectivity index (χ2n) is 6.98. The molecule has 0 bridgehead atoms. The molecule has 3 N–H and O–H groups in total. The van der Waals surface area contributed by atoms with Crippen molar-refractivity contribution < 1.29 is 9.32 Å². The third kappa shape index (κ3) is 2.78. The highest BCUT2D eigenvalue weighted by molar-refractivity contribution is 7.87. The third-order valence-electron chi connectivity index (χ3n) is 4.17. The quantitative estimate of drug-likeness (QED) is 0.722. The maximum Gasteiger partial charge on any atom is 0.254 e. The summed E-state index contributed by atoms with van der Waals surface area (Å²) in [5.41, 5.74) is 0.703. The van der Waals surface area contributed by atoms with Crippen molar-refractivity contribution in [3.8, 4) is 0 Å². The van der Waals surface area contributed by atoms with E-state index in [0.717, 1.165) is 11.1 Å². The zero-order valence-electron chi connectivity index (χ0n) is 13.8. The van der Waals surface area contributed by atoms with E-state index in [2.05, 4.69) is 10.0 Å². The predicted octanol–water partition coefficient (Wildman–Crippen LogP) is 1.23. The highest BCUT2D eigenvalue weighted by Crippen LogP contribution is 2.35. The van der Waals surface area contributed by atoms with E-state index in [1.54, 1.807) is 20.8 Å². The van der Waals surface area contributed by atoms with Gasteiger partial charge in [0, 0.05) is 6.42 Å². The van der Waals surface area contributed by atoms with Gasteiger partial charge in [0.2, 0.25) is 0 Å². The largest absolute Gasteiger partial charge is 0.390 e.